The smallest absolute Gasteiger partial charge is 0.407 e. The number of aromatic hydroxyl groups is 1. The fourth-order valence-corrected chi connectivity index (χ4v) is 1.36. The van der Waals surface area contributed by atoms with E-state index >= 15 is 0 Å². The average Bonchev–Trinajstić information content (AvgIpc) is 2.50. The zero-order valence-corrected chi connectivity index (χ0v) is 7.16. The molecule has 0 aliphatic carbocycles. The van der Waals surface area contributed by atoms with E-state index in [0.717, 1.165) is 6.07 Å². The molecule has 1 aromatic carbocycles. The molecule has 4 nitrogen and oxygen atoms in total. The van der Waals surface area contributed by atoms with Gasteiger partial charge >= 0.3 is 6.09 Å². The van der Waals surface area contributed by atoms with Crippen molar-refractivity contribution in [2.45, 2.75) is 6.04 Å². The Hall–Kier alpha value is -1.78. The molecule has 1 amide bonds. The Morgan fingerprint density at radius 1 is 1.50 bits per heavy atom. The van der Waals surface area contributed by atoms with Crippen LogP contribution in [0.2, 0.25) is 0 Å². The van der Waals surface area contributed by atoms with Crippen LogP contribution in [0.4, 0.5) is 9.18 Å². The molecule has 2 N–H and O–H groups in total. The topological polar surface area (TPSA) is 58.6 Å². The number of cyclic esters (lactones) is 1. The third kappa shape index (κ3) is 1.61. The fraction of sp³-hybridized carbons (Fsp3) is 0.222. The van der Waals surface area contributed by atoms with E-state index in [1.165, 1.54) is 12.1 Å². The zero-order chi connectivity index (χ0) is 10.1. The minimum Gasteiger partial charge on any atom is -0.508 e. The highest BCUT2D eigenvalue weighted by Crippen LogP contribution is 2.23. The zero-order valence-electron chi connectivity index (χ0n) is 7.16. The van der Waals surface area contributed by atoms with Gasteiger partial charge in [0.2, 0.25) is 0 Å². The number of rotatable bonds is 1. The molecule has 1 unspecified atom stereocenters. The summed E-state index contributed by atoms with van der Waals surface area (Å²) in [6, 6.07) is 3.26. The van der Waals surface area contributed by atoms with E-state index in [9.17, 15) is 9.18 Å². The van der Waals surface area contributed by atoms with Crippen LogP contribution in [0.15, 0.2) is 18.2 Å². The molecule has 5 heteroatoms. The lowest BCUT2D eigenvalue weighted by atomic mass is 10.1. The van der Waals surface area contributed by atoms with Crippen molar-refractivity contribution in [3.8, 4) is 5.75 Å². The second-order valence-corrected chi connectivity index (χ2v) is 3.04. The number of phenolic OH excluding ortho intramolecular Hbond substituents is 1. The number of amides is 1. The lowest BCUT2D eigenvalue weighted by Gasteiger charge is -2.07. The predicted molar refractivity (Wildman–Crippen MR) is 45.3 cm³/mol. The van der Waals surface area contributed by atoms with Gasteiger partial charge in [-0.2, -0.15) is 0 Å². The molecule has 1 aliphatic heterocycles. The highest BCUT2D eigenvalue weighted by atomic mass is 19.1. The maximum absolute atomic E-state index is 12.9. The number of hydrogen-bond acceptors (Lipinski definition) is 3. The van der Waals surface area contributed by atoms with Crippen molar-refractivity contribution in [1.82, 2.24) is 5.32 Å². The van der Waals surface area contributed by atoms with Crippen LogP contribution in [0.5, 0.6) is 5.75 Å². The fourth-order valence-electron chi connectivity index (χ4n) is 1.36. The molecule has 0 spiro atoms. The molecule has 0 saturated carbocycles. The van der Waals surface area contributed by atoms with Crippen molar-refractivity contribution in [2.24, 2.45) is 0 Å². The Labute approximate surface area is 79.3 Å². The van der Waals surface area contributed by atoms with Crippen LogP contribution >= 0.6 is 0 Å². The van der Waals surface area contributed by atoms with Crippen LogP contribution in [-0.2, 0) is 4.74 Å². The lowest BCUT2D eigenvalue weighted by Crippen LogP contribution is -2.18. The normalized spacial score (nSPS) is 20.4. The van der Waals surface area contributed by atoms with E-state index in [4.69, 9.17) is 5.11 Å². The standard InChI is InChI=1S/C9H8FNO3/c10-6-1-5(2-7(12)3-6)8-4-14-9(13)11-8/h1-3,8,12H,4H2,(H,11,13). The van der Waals surface area contributed by atoms with Crippen molar-refractivity contribution in [1.29, 1.82) is 0 Å². The first-order valence-corrected chi connectivity index (χ1v) is 4.08. The van der Waals surface area contributed by atoms with Gasteiger partial charge in [-0.15, -0.1) is 0 Å². The first-order valence-electron chi connectivity index (χ1n) is 4.08. The van der Waals surface area contributed by atoms with Gasteiger partial charge in [-0.3, -0.25) is 0 Å². The van der Waals surface area contributed by atoms with Gasteiger partial charge in [-0.1, -0.05) is 0 Å². The third-order valence-corrected chi connectivity index (χ3v) is 1.98. The van der Waals surface area contributed by atoms with Gasteiger partial charge in [0, 0.05) is 6.07 Å². The summed E-state index contributed by atoms with van der Waals surface area (Å²) < 4.78 is 17.5. The first kappa shape index (κ1) is 8.80. The van der Waals surface area contributed by atoms with Gasteiger partial charge in [-0.25, -0.2) is 9.18 Å². The van der Waals surface area contributed by atoms with Crippen LogP contribution in [0.25, 0.3) is 0 Å². The molecule has 0 bridgehead atoms. The summed E-state index contributed by atoms with van der Waals surface area (Å²) in [6.45, 7) is 0.154. The van der Waals surface area contributed by atoms with E-state index in [0.29, 0.717) is 5.56 Å². The van der Waals surface area contributed by atoms with E-state index in [1.807, 2.05) is 0 Å². The number of halogens is 1. The van der Waals surface area contributed by atoms with E-state index in [1.54, 1.807) is 0 Å². The Morgan fingerprint density at radius 3 is 2.86 bits per heavy atom. The largest absolute Gasteiger partial charge is 0.508 e. The maximum Gasteiger partial charge on any atom is 0.407 e. The average molecular weight is 197 g/mol. The molecule has 0 aromatic heterocycles. The van der Waals surface area contributed by atoms with E-state index < -0.39 is 11.9 Å². The lowest BCUT2D eigenvalue weighted by molar-refractivity contribution is 0.177. The van der Waals surface area contributed by atoms with Gasteiger partial charge in [0.05, 0.1) is 6.04 Å². The minimum absolute atomic E-state index is 0.154. The number of carbonyl (C=O) groups excluding carboxylic acids is 1. The number of phenols is 1. The number of carbonyl (C=O) groups is 1. The van der Waals surface area contributed by atoms with Crippen molar-refractivity contribution in [2.75, 3.05) is 6.61 Å². The van der Waals surface area contributed by atoms with Crippen LogP contribution in [-0.4, -0.2) is 17.8 Å². The second-order valence-electron chi connectivity index (χ2n) is 3.04. The highest BCUT2D eigenvalue weighted by Gasteiger charge is 2.24. The van der Waals surface area contributed by atoms with Crippen LogP contribution < -0.4 is 5.32 Å². The number of benzene rings is 1. The summed E-state index contributed by atoms with van der Waals surface area (Å²) in [4.78, 5) is 10.7. The molecule has 1 aliphatic rings. The van der Waals surface area contributed by atoms with Gasteiger partial charge in [0.1, 0.15) is 18.2 Å². The molecule has 1 fully saturated rings. The molecule has 2 rings (SSSR count). The molecule has 74 valence electrons. The minimum atomic E-state index is -0.541. The monoisotopic (exact) mass is 197 g/mol. The van der Waals surface area contributed by atoms with Gasteiger partial charge in [0.15, 0.2) is 0 Å². The highest BCUT2D eigenvalue weighted by molar-refractivity contribution is 5.70. The first-order chi connectivity index (χ1) is 6.65. The summed E-state index contributed by atoms with van der Waals surface area (Å²) in [7, 11) is 0. The summed E-state index contributed by atoms with van der Waals surface area (Å²) in [6.07, 6.45) is -0.529. The summed E-state index contributed by atoms with van der Waals surface area (Å²) in [5, 5.41) is 11.6. The Morgan fingerprint density at radius 2 is 2.29 bits per heavy atom. The number of alkyl carbamates (subject to hydrolysis) is 1. The molecular formula is C9H8FNO3. The van der Waals surface area contributed by atoms with E-state index in [2.05, 4.69) is 10.1 Å². The summed E-state index contributed by atoms with van der Waals surface area (Å²) >= 11 is 0. The number of hydrogen-bond donors (Lipinski definition) is 2. The second kappa shape index (κ2) is 3.17. The molecule has 0 radical (unpaired) electrons. The van der Waals surface area contributed by atoms with Gasteiger partial charge in [-0.05, 0) is 17.7 Å². The van der Waals surface area contributed by atoms with Crippen molar-refractivity contribution in [3.05, 3.63) is 29.6 Å². The summed E-state index contributed by atoms with van der Waals surface area (Å²) in [5.41, 5.74) is 0.494. The Bertz CT molecular complexity index is 360. The molecular weight excluding hydrogens is 189 g/mol. The molecule has 1 saturated heterocycles. The van der Waals surface area contributed by atoms with Gasteiger partial charge < -0.3 is 15.2 Å². The molecule has 1 heterocycles. The van der Waals surface area contributed by atoms with Crippen molar-refractivity contribution >= 4 is 6.09 Å². The van der Waals surface area contributed by atoms with Crippen LogP contribution in [0.1, 0.15) is 11.6 Å². The maximum atomic E-state index is 12.9. The Balaban J connectivity index is 2.27. The Kier molecular flexibility index (Phi) is 1.99. The van der Waals surface area contributed by atoms with Crippen LogP contribution in [0, 0.1) is 5.82 Å². The predicted octanol–water partition coefficient (Wildman–Crippen LogP) is 1.31. The molecule has 14 heavy (non-hydrogen) atoms. The quantitative estimate of drug-likeness (QED) is 0.713. The number of ether oxygens (including phenoxy) is 1. The molecule has 1 atom stereocenters. The SMILES string of the molecule is O=C1NC(c2cc(O)cc(F)c2)CO1. The van der Waals surface area contributed by atoms with Crippen LogP contribution in [0.3, 0.4) is 0 Å². The van der Waals surface area contributed by atoms with Gasteiger partial charge in [0.25, 0.3) is 0 Å². The molecule has 1 aromatic rings. The summed E-state index contributed by atoms with van der Waals surface area (Å²) in [5.74, 6) is -0.706. The van der Waals surface area contributed by atoms with E-state index in [-0.39, 0.29) is 18.4 Å². The number of nitrogens with one attached hydrogen (secondary N) is 1. The van der Waals surface area contributed by atoms with Crippen molar-refractivity contribution in [3.63, 3.8) is 0 Å². The van der Waals surface area contributed by atoms with Crippen molar-refractivity contribution < 1.29 is 19.0 Å². The third-order valence-electron chi connectivity index (χ3n) is 1.98.